The predicted molar refractivity (Wildman–Crippen MR) is 359 cm³/mol. The minimum absolute atomic E-state index is 0. The van der Waals surface area contributed by atoms with Crippen LogP contribution in [-0.4, -0.2) is 138 Å². The molecule has 0 fully saturated rings. The number of aliphatic hydroxyl groups excluding tert-OH is 3. The van der Waals surface area contributed by atoms with E-state index in [1.165, 1.54) is 37.2 Å². The van der Waals surface area contributed by atoms with Gasteiger partial charge < -0.3 is 64.4 Å². The summed E-state index contributed by atoms with van der Waals surface area (Å²) in [6, 6.07) is 40.6. The standard InChI is InChI=1S/C23H19F2N7O3.C22H17F2N7O2.C22H15F2N7O2.B.IO4.2Na.H/c24-20(25)22-31-30-21(35-22)14-8-26-23(27-9-14)29-15-6-17(13-4-2-1-3-5-13)19-18(7-15)32(12-28-19)10-16(34)11-33;2*23-19(24)21-30-29-20(33-21)14-10-25-22(26-11-14)28-15-8-16(13-4-2-1-3-5-13)18-17(9-15)31(6-7-32)12-27-18;;2-1(3,4)5;;;/h1-9,12,16,20,33-34H,10-11H2,(H,26,27,29);1-5,8-12,19,32H,6-7H2,(H,25,26,28);1-5,7-12,19H,6H2,(H,25,26,28);;;;;/q;;;;-1;2*+1;-1. The van der Waals surface area contributed by atoms with E-state index in [-0.39, 0.29) is 125 Å². The molecular formula is C67H52BF6IN21Na2O11. The molecule has 0 saturated heterocycles. The van der Waals surface area contributed by atoms with Gasteiger partial charge in [-0.15, -0.1) is 30.6 Å². The molecule has 0 amide bonds. The Balaban J connectivity index is 0.000000197. The summed E-state index contributed by atoms with van der Waals surface area (Å²) in [7, 11) is 0. The van der Waals surface area contributed by atoms with E-state index in [9.17, 15) is 46.5 Å². The molecule has 32 nitrogen and oxygen atoms in total. The number of aldehydes is 1. The second-order valence-electron chi connectivity index (χ2n) is 22.1. The summed E-state index contributed by atoms with van der Waals surface area (Å²) in [5, 5.41) is 58.7. The number of anilines is 6. The molecule has 0 aliphatic heterocycles. The Morgan fingerprint density at radius 2 is 0.752 bits per heavy atom. The van der Waals surface area contributed by atoms with E-state index in [1.807, 2.05) is 132 Å². The van der Waals surface area contributed by atoms with E-state index in [4.69, 9.17) is 27.0 Å². The van der Waals surface area contributed by atoms with Crippen LogP contribution in [0.4, 0.5) is 61.2 Å². The maximum atomic E-state index is 12.7. The number of nitrogens with zero attached hydrogens (tertiary/aromatic N) is 18. The van der Waals surface area contributed by atoms with Crippen LogP contribution in [-0.2, 0) is 24.4 Å². The van der Waals surface area contributed by atoms with Gasteiger partial charge in [0.2, 0.25) is 17.8 Å². The molecule has 0 aliphatic carbocycles. The molecule has 1 unspecified atom stereocenters. The Kier molecular flexibility index (Phi) is 28.9. The summed E-state index contributed by atoms with van der Waals surface area (Å²) < 4.78 is 131. The number of carbonyl (C=O) groups excluding carboxylic acids is 1. The van der Waals surface area contributed by atoms with E-state index >= 15 is 0 Å². The van der Waals surface area contributed by atoms with Crippen LogP contribution in [0.2, 0.25) is 0 Å². The third-order valence-corrected chi connectivity index (χ3v) is 15.0. The molecule has 109 heavy (non-hydrogen) atoms. The first-order chi connectivity index (χ1) is 51.2. The molecule has 0 spiro atoms. The largest absolute Gasteiger partial charge is 1.00 e. The second-order valence-corrected chi connectivity index (χ2v) is 24.3. The minimum atomic E-state index is -5.94. The first-order valence-corrected chi connectivity index (χ1v) is 34.5. The molecule has 6 N–H and O–H groups in total. The summed E-state index contributed by atoms with van der Waals surface area (Å²) >= 11 is -5.94. The number of aromatic nitrogens is 18. The number of carbonyl (C=O) groups is 1. The van der Waals surface area contributed by atoms with E-state index in [1.54, 1.807) is 28.1 Å². The number of fused-ring (bicyclic) bond motifs is 3. The molecule has 15 rings (SSSR count). The molecular weight excluding hydrogens is 1570 g/mol. The van der Waals surface area contributed by atoms with Crippen LogP contribution in [0, 0.1) is 0 Å². The summed E-state index contributed by atoms with van der Waals surface area (Å²) in [5.41, 5.74) is 13.2. The van der Waals surface area contributed by atoms with Crippen molar-refractivity contribution in [3.05, 3.63) is 201 Å². The summed E-state index contributed by atoms with van der Waals surface area (Å²) in [5.74, 6) is -1.76. The number of benzene rings is 6. The van der Waals surface area contributed by atoms with Crippen LogP contribution >= 0.6 is 0 Å². The van der Waals surface area contributed by atoms with E-state index in [0.29, 0.717) is 46.2 Å². The van der Waals surface area contributed by atoms with Crippen molar-refractivity contribution in [2.75, 3.05) is 29.2 Å². The molecule has 9 heterocycles. The first kappa shape index (κ1) is 82.6. The van der Waals surface area contributed by atoms with Gasteiger partial charge in [-0.05, 0) is 53.1 Å². The Hall–Kier alpha value is -10.4. The maximum absolute atomic E-state index is 12.7. The van der Waals surface area contributed by atoms with E-state index in [2.05, 4.69) is 91.4 Å². The summed E-state index contributed by atoms with van der Waals surface area (Å²) in [6.45, 7) is 0.356. The number of hydrogen-bond acceptors (Lipinski definition) is 29. The van der Waals surface area contributed by atoms with Gasteiger partial charge in [0.15, 0.2) is 0 Å². The Morgan fingerprint density at radius 1 is 0.450 bits per heavy atom. The topological polar surface area (TPSA) is 454 Å². The molecule has 0 bridgehead atoms. The monoisotopic (exact) mass is 1620 g/mol. The van der Waals surface area contributed by atoms with Crippen molar-refractivity contribution < 1.29 is 154 Å². The number of nitrogens with one attached hydrogen (secondary N) is 3. The van der Waals surface area contributed by atoms with Gasteiger partial charge in [-0.2, -0.15) is 26.3 Å². The SMILES string of the molecule is O=CCn1cnc2c(-c3ccccc3)cc(Nc3ncc(-c4nnc(C(F)F)o4)cn3)cc21.OCC(O)Cn1cnc2c(-c3ccccc3)cc(Nc3ncc(-c4nnc(C(F)F)o4)cn3)cc21.OCCn1cnc2c(-c3ccccc3)cc(Nc3ncc(-c4nnc(C(F)F)o4)cn3)cc21.[B].[H-].[Na+].[Na+].[O-][I+3]([O-])([O-])[O-]. The van der Waals surface area contributed by atoms with Crippen LogP contribution in [0.1, 0.15) is 38.4 Å². The predicted octanol–water partition coefficient (Wildman–Crippen LogP) is -1.79. The molecule has 0 aliphatic rings. The second kappa shape index (κ2) is 38.1. The van der Waals surface area contributed by atoms with Crippen molar-refractivity contribution in [3.8, 4) is 67.7 Å². The van der Waals surface area contributed by atoms with Crippen LogP contribution in [0.5, 0.6) is 0 Å². The molecule has 545 valence electrons. The maximum Gasteiger partial charge on any atom is 1.00 e. The van der Waals surface area contributed by atoms with Gasteiger partial charge in [0, 0.05) is 85.9 Å². The van der Waals surface area contributed by atoms with E-state index in [0.717, 1.165) is 72.8 Å². The fourth-order valence-electron chi connectivity index (χ4n) is 10.4. The van der Waals surface area contributed by atoms with Gasteiger partial charge in [0.1, 0.15) is 26.4 Å². The average Bonchev–Trinajstić information content (AvgIpc) is 1.59. The smallest absolute Gasteiger partial charge is 1.00 e. The Morgan fingerprint density at radius 3 is 1.05 bits per heavy atom. The average molecular weight is 1620 g/mol. The van der Waals surface area contributed by atoms with Crippen LogP contribution in [0.25, 0.3) is 101 Å². The van der Waals surface area contributed by atoms with Gasteiger partial charge in [-0.3, -0.25) is 13.7 Å². The number of rotatable bonds is 22. The molecule has 1 atom stereocenters. The molecule has 3 radical (unpaired) electrons. The fraction of sp³-hybridized carbons (Fsp3) is 0.134. The zero-order chi connectivity index (χ0) is 74.4. The van der Waals surface area contributed by atoms with Gasteiger partial charge in [-0.1, -0.05) is 91.0 Å². The number of hydrogen-bond donors (Lipinski definition) is 6. The Bertz CT molecular complexity index is 5440. The molecule has 6 aromatic carbocycles. The molecule has 0 saturated carbocycles. The number of halogens is 7. The zero-order valence-electron chi connectivity index (χ0n) is 57.6. The number of aliphatic hydroxyl groups is 3. The molecule has 42 heteroatoms. The van der Waals surface area contributed by atoms with Crippen LogP contribution in [0.15, 0.2) is 197 Å². The van der Waals surface area contributed by atoms with Crippen molar-refractivity contribution in [3.63, 3.8) is 0 Å². The van der Waals surface area contributed by atoms with Crippen LogP contribution < -0.4 is 109 Å². The van der Waals surface area contributed by atoms with Crippen molar-refractivity contribution in [2.45, 2.75) is 45.0 Å². The van der Waals surface area contributed by atoms with Gasteiger partial charge in [0.25, 0.3) is 35.3 Å². The molecule has 9 aromatic heterocycles. The Labute approximate surface area is 663 Å². The van der Waals surface area contributed by atoms with Gasteiger partial charge in [0.05, 0.1) is 101 Å². The summed E-state index contributed by atoms with van der Waals surface area (Å²) in [4.78, 5) is 50.0. The minimum Gasteiger partial charge on any atom is -1.00 e. The molecule has 15 aromatic rings. The van der Waals surface area contributed by atoms with Crippen molar-refractivity contribution in [1.29, 1.82) is 0 Å². The zero-order valence-corrected chi connectivity index (χ0v) is 62.8. The van der Waals surface area contributed by atoms with Gasteiger partial charge >= 0.3 is 78.4 Å². The van der Waals surface area contributed by atoms with Crippen molar-refractivity contribution in [2.24, 2.45) is 0 Å². The van der Waals surface area contributed by atoms with Crippen LogP contribution in [0.3, 0.4) is 0 Å². The first-order valence-electron chi connectivity index (χ1n) is 31.0. The van der Waals surface area contributed by atoms with Crippen molar-refractivity contribution in [1.82, 2.24) is 89.1 Å². The third-order valence-electron chi connectivity index (χ3n) is 15.0. The normalized spacial score (nSPS) is 11.4. The third kappa shape index (κ3) is 21.1. The van der Waals surface area contributed by atoms with Gasteiger partial charge in [-0.25, -0.2) is 44.9 Å². The van der Waals surface area contributed by atoms with E-state index < -0.39 is 63.1 Å². The quantitative estimate of drug-likeness (QED) is 0.0189. The fourth-order valence-corrected chi connectivity index (χ4v) is 10.4. The number of alkyl halides is 6. The van der Waals surface area contributed by atoms with Crippen molar-refractivity contribution >= 4 is 82.7 Å². The summed E-state index contributed by atoms with van der Waals surface area (Å²) in [6.07, 6.45) is 4.62. The number of imidazole rings is 3.